The van der Waals surface area contributed by atoms with Crippen molar-refractivity contribution in [2.75, 3.05) is 4.90 Å². The number of hydrogen-bond donors (Lipinski definition) is 3. The van der Waals surface area contributed by atoms with Gasteiger partial charge in [0, 0.05) is 17.1 Å². The number of nitrogens with zero attached hydrogens (tertiary/aromatic N) is 1. The molecular formula is C26H21NO3. The Bertz CT molecular complexity index is 1090. The first kappa shape index (κ1) is 19.2. The SMILES string of the molecule is Oc1ccc(C=Cc2ccc(N(c3ccc(O)cc3)c3ccc(O)cc3)cc2)cc1. The Balaban J connectivity index is 1.64. The smallest absolute Gasteiger partial charge is 0.115 e. The summed E-state index contributed by atoms with van der Waals surface area (Å²) in [6.45, 7) is 0. The van der Waals surface area contributed by atoms with E-state index in [2.05, 4.69) is 0 Å². The van der Waals surface area contributed by atoms with Crippen LogP contribution in [0.25, 0.3) is 12.2 Å². The molecular weight excluding hydrogens is 374 g/mol. The highest BCUT2D eigenvalue weighted by Gasteiger charge is 2.12. The number of anilines is 3. The molecule has 4 rings (SSSR count). The van der Waals surface area contributed by atoms with Crippen LogP contribution in [0.15, 0.2) is 97.1 Å². The highest BCUT2D eigenvalue weighted by Crippen LogP contribution is 2.36. The van der Waals surface area contributed by atoms with E-state index in [0.717, 1.165) is 28.2 Å². The molecule has 0 fully saturated rings. The van der Waals surface area contributed by atoms with Gasteiger partial charge in [-0.2, -0.15) is 0 Å². The highest BCUT2D eigenvalue weighted by atomic mass is 16.3. The van der Waals surface area contributed by atoms with E-state index in [4.69, 9.17) is 0 Å². The molecule has 0 unspecified atom stereocenters. The number of hydrogen-bond acceptors (Lipinski definition) is 4. The molecule has 30 heavy (non-hydrogen) atoms. The van der Waals surface area contributed by atoms with E-state index in [1.54, 1.807) is 36.4 Å². The number of rotatable bonds is 5. The van der Waals surface area contributed by atoms with Crippen LogP contribution < -0.4 is 4.90 Å². The molecule has 148 valence electrons. The average Bonchev–Trinajstić information content (AvgIpc) is 2.77. The average molecular weight is 395 g/mol. The number of aromatic hydroxyl groups is 3. The Labute approximate surface area is 175 Å². The lowest BCUT2D eigenvalue weighted by Crippen LogP contribution is -2.09. The first-order valence-corrected chi connectivity index (χ1v) is 9.54. The molecule has 0 radical (unpaired) electrons. The molecule has 0 saturated carbocycles. The van der Waals surface area contributed by atoms with Crippen molar-refractivity contribution in [3.8, 4) is 17.2 Å². The molecule has 0 atom stereocenters. The predicted molar refractivity (Wildman–Crippen MR) is 121 cm³/mol. The van der Waals surface area contributed by atoms with Crippen molar-refractivity contribution < 1.29 is 15.3 Å². The Hall–Kier alpha value is -4.18. The third-order valence-electron chi connectivity index (χ3n) is 4.73. The molecule has 0 aliphatic heterocycles. The van der Waals surface area contributed by atoms with E-state index in [9.17, 15) is 15.3 Å². The lowest BCUT2D eigenvalue weighted by molar-refractivity contribution is 0.474. The van der Waals surface area contributed by atoms with Gasteiger partial charge < -0.3 is 20.2 Å². The summed E-state index contributed by atoms with van der Waals surface area (Å²) >= 11 is 0. The summed E-state index contributed by atoms with van der Waals surface area (Å²) in [6.07, 6.45) is 4.01. The molecule has 0 spiro atoms. The van der Waals surface area contributed by atoms with Crippen LogP contribution in [0.1, 0.15) is 11.1 Å². The monoisotopic (exact) mass is 395 g/mol. The summed E-state index contributed by atoms with van der Waals surface area (Å²) in [5.74, 6) is 0.665. The second-order valence-electron chi connectivity index (χ2n) is 6.88. The van der Waals surface area contributed by atoms with Gasteiger partial charge in [0.25, 0.3) is 0 Å². The van der Waals surface area contributed by atoms with Crippen LogP contribution >= 0.6 is 0 Å². The third kappa shape index (κ3) is 4.45. The molecule has 4 aromatic carbocycles. The van der Waals surface area contributed by atoms with Crippen molar-refractivity contribution in [1.82, 2.24) is 0 Å². The van der Waals surface area contributed by atoms with Crippen molar-refractivity contribution in [1.29, 1.82) is 0 Å². The van der Waals surface area contributed by atoms with Gasteiger partial charge in [0.1, 0.15) is 17.2 Å². The molecule has 0 heterocycles. The van der Waals surface area contributed by atoms with Crippen molar-refractivity contribution in [2.45, 2.75) is 0 Å². The second kappa shape index (κ2) is 8.45. The summed E-state index contributed by atoms with van der Waals surface area (Å²) in [4.78, 5) is 2.05. The van der Waals surface area contributed by atoms with Crippen molar-refractivity contribution in [2.24, 2.45) is 0 Å². The zero-order chi connectivity index (χ0) is 20.9. The molecule has 0 saturated heterocycles. The lowest BCUT2D eigenvalue weighted by atomic mass is 10.1. The Morgan fingerprint density at radius 2 is 0.667 bits per heavy atom. The maximum atomic E-state index is 9.65. The maximum absolute atomic E-state index is 9.65. The van der Waals surface area contributed by atoms with Crippen LogP contribution in [0.5, 0.6) is 17.2 Å². The van der Waals surface area contributed by atoms with E-state index < -0.39 is 0 Å². The Kier molecular flexibility index (Phi) is 5.39. The van der Waals surface area contributed by atoms with Crippen molar-refractivity contribution in [3.63, 3.8) is 0 Å². The van der Waals surface area contributed by atoms with Crippen LogP contribution in [0.4, 0.5) is 17.1 Å². The second-order valence-corrected chi connectivity index (χ2v) is 6.88. The third-order valence-corrected chi connectivity index (χ3v) is 4.73. The van der Waals surface area contributed by atoms with Gasteiger partial charge >= 0.3 is 0 Å². The van der Waals surface area contributed by atoms with Gasteiger partial charge in [-0.1, -0.05) is 36.4 Å². The van der Waals surface area contributed by atoms with E-state index >= 15 is 0 Å². The fraction of sp³-hybridized carbons (Fsp3) is 0. The van der Waals surface area contributed by atoms with E-state index in [1.807, 2.05) is 77.7 Å². The van der Waals surface area contributed by atoms with Gasteiger partial charge in [-0.3, -0.25) is 0 Å². The Morgan fingerprint density at radius 3 is 1.03 bits per heavy atom. The zero-order valence-electron chi connectivity index (χ0n) is 16.2. The van der Waals surface area contributed by atoms with Crippen LogP contribution in [-0.4, -0.2) is 15.3 Å². The molecule has 4 aromatic rings. The molecule has 0 amide bonds. The first-order valence-electron chi connectivity index (χ1n) is 9.54. The van der Waals surface area contributed by atoms with Crippen LogP contribution in [0, 0.1) is 0 Å². The summed E-state index contributed by atoms with van der Waals surface area (Å²) in [5.41, 5.74) is 4.79. The summed E-state index contributed by atoms with van der Waals surface area (Å²) < 4.78 is 0. The molecule has 3 N–H and O–H groups in total. The molecule has 0 bridgehead atoms. The topological polar surface area (TPSA) is 63.9 Å². The van der Waals surface area contributed by atoms with Gasteiger partial charge in [-0.05, 0) is 83.9 Å². The first-order chi connectivity index (χ1) is 14.6. The zero-order valence-corrected chi connectivity index (χ0v) is 16.2. The van der Waals surface area contributed by atoms with Gasteiger partial charge in [0.15, 0.2) is 0 Å². The van der Waals surface area contributed by atoms with Gasteiger partial charge in [0.05, 0.1) is 0 Å². The van der Waals surface area contributed by atoms with Crippen LogP contribution in [-0.2, 0) is 0 Å². The van der Waals surface area contributed by atoms with E-state index in [1.165, 1.54) is 0 Å². The minimum atomic E-state index is 0.208. The largest absolute Gasteiger partial charge is 0.508 e. The van der Waals surface area contributed by atoms with Crippen LogP contribution in [0.3, 0.4) is 0 Å². The minimum absolute atomic E-state index is 0.208. The standard InChI is InChI=1S/C26H21NO3/c28-24-13-5-20(6-14-24)2-1-19-3-7-21(8-4-19)27(22-9-15-25(29)16-10-22)23-11-17-26(30)18-12-23/h1-18,28-30H. The van der Waals surface area contributed by atoms with Gasteiger partial charge in [-0.25, -0.2) is 0 Å². The quantitative estimate of drug-likeness (QED) is 0.340. The lowest BCUT2D eigenvalue weighted by Gasteiger charge is -2.25. The van der Waals surface area contributed by atoms with Crippen molar-refractivity contribution in [3.05, 3.63) is 108 Å². The number of phenols is 3. The Morgan fingerprint density at radius 1 is 0.400 bits per heavy atom. The summed E-state index contributed by atoms with van der Waals surface area (Å²) in [6, 6.07) is 29.1. The number of benzene rings is 4. The maximum Gasteiger partial charge on any atom is 0.115 e. The summed E-state index contributed by atoms with van der Waals surface area (Å²) in [5, 5.41) is 28.7. The van der Waals surface area contributed by atoms with Gasteiger partial charge in [0.2, 0.25) is 0 Å². The predicted octanol–water partition coefficient (Wildman–Crippen LogP) is 6.44. The number of phenolic OH excluding ortho intramolecular Hbond substituents is 3. The van der Waals surface area contributed by atoms with E-state index in [0.29, 0.717) is 0 Å². The molecule has 0 aliphatic carbocycles. The molecule has 0 aromatic heterocycles. The molecule has 0 aliphatic rings. The highest BCUT2D eigenvalue weighted by molar-refractivity contribution is 5.78. The van der Waals surface area contributed by atoms with Crippen LogP contribution in [0.2, 0.25) is 0 Å². The van der Waals surface area contributed by atoms with Crippen molar-refractivity contribution >= 4 is 29.2 Å². The summed E-state index contributed by atoms with van der Waals surface area (Å²) in [7, 11) is 0. The molecule has 4 nitrogen and oxygen atoms in total. The normalized spacial score (nSPS) is 10.9. The fourth-order valence-corrected chi connectivity index (χ4v) is 3.16. The minimum Gasteiger partial charge on any atom is -0.508 e. The molecule has 4 heteroatoms. The van der Waals surface area contributed by atoms with E-state index in [-0.39, 0.29) is 17.2 Å². The van der Waals surface area contributed by atoms with Gasteiger partial charge in [-0.15, -0.1) is 0 Å². The fourth-order valence-electron chi connectivity index (χ4n) is 3.16.